The van der Waals surface area contributed by atoms with Gasteiger partial charge in [0.15, 0.2) is 0 Å². The first-order valence-corrected chi connectivity index (χ1v) is 6.09. The molecule has 1 aliphatic carbocycles. The average molecular weight is 219 g/mol. The van der Waals surface area contributed by atoms with Crippen LogP contribution < -0.4 is 5.32 Å². The number of benzene rings is 1. The first-order chi connectivity index (χ1) is 7.63. The average Bonchev–Trinajstić information content (AvgIpc) is 2.59. The Bertz CT molecular complexity index is 360. The van der Waals surface area contributed by atoms with Crippen LogP contribution in [0.15, 0.2) is 24.3 Å². The highest BCUT2D eigenvalue weighted by Crippen LogP contribution is 2.39. The number of aliphatic hydroxyl groups excluding tert-OH is 1. The lowest BCUT2D eigenvalue weighted by atomic mass is 9.87. The zero-order chi connectivity index (χ0) is 11.6. The van der Waals surface area contributed by atoms with Crippen molar-refractivity contribution in [2.24, 2.45) is 5.41 Å². The van der Waals surface area contributed by atoms with Crippen molar-refractivity contribution in [1.29, 1.82) is 0 Å². The minimum Gasteiger partial charge on any atom is -0.392 e. The highest BCUT2D eigenvalue weighted by Gasteiger charge is 2.34. The molecule has 0 spiro atoms. The summed E-state index contributed by atoms with van der Waals surface area (Å²) in [5, 5.41) is 12.9. The summed E-state index contributed by atoms with van der Waals surface area (Å²) in [6.45, 7) is 4.74. The highest BCUT2D eigenvalue weighted by atomic mass is 16.3. The van der Waals surface area contributed by atoms with Gasteiger partial charge in [-0.05, 0) is 24.3 Å². The van der Waals surface area contributed by atoms with Gasteiger partial charge in [-0.3, -0.25) is 0 Å². The van der Waals surface area contributed by atoms with Crippen molar-refractivity contribution in [2.45, 2.75) is 45.8 Å². The van der Waals surface area contributed by atoms with Crippen molar-refractivity contribution < 1.29 is 5.11 Å². The van der Waals surface area contributed by atoms with Crippen LogP contribution in [0.3, 0.4) is 0 Å². The lowest BCUT2D eigenvalue weighted by Crippen LogP contribution is -2.31. The van der Waals surface area contributed by atoms with Crippen LogP contribution in [-0.4, -0.2) is 11.1 Å². The lowest BCUT2D eigenvalue weighted by Gasteiger charge is -2.29. The fraction of sp³-hybridized carbons (Fsp3) is 0.571. The maximum absolute atomic E-state index is 9.28. The van der Waals surface area contributed by atoms with E-state index in [0.717, 1.165) is 11.3 Å². The molecule has 1 aromatic carbocycles. The second kappa shape index (κ2) is 4.46. The third-order valence-electron chi connectivity index (χ3n) is 3.77. The number of anilines is 1. The summed E-state index contributed by atoms with van der Waals surface area (Å²) in [7, 11) is 0. The molecule has 2 N–H and O–H groups in total. The van der Waals surface area contributed by atoms with Crippen molar-refractivity contribution in [2.75, 3.05) is 5.32 Å². The van der Waals surface area contributed by atoms with Gasteiger partial charge >= 0.3 is 0 Å². The quantitative estimate of drug-likeness (QED) is 0.818. The minimum absolute atomic E-state index is 0.107. The van der Waals surface area contributed by atoms with Crippen LogP contribution in [0.25, 0.3) is 0 Å². The Morgan fingerprint density at radius 1 is 1.38 bits per heavy atom. The van der Waals surface area contributed by atoms with Crippen molar-refractivity contribution >= 4 is 5.69 Å². The van der Waals surface area contributed by atoms with Gasteiger partial charge in [-0.2, -0.15) is 0 Å². The molecule has 1 aliphatic rings. The van der Waals surface area contributed by atoms with E-state index in [1.165, 1.54) is 19.3 Å². The Labute approximate surface area is 97.7 Å². The van der Waals surface area contributed by atoms with Crippen LogP contribution in [-0.2, 0) is 6.61 Å². The highest BCUT2D eigenvalue weighted by molar-refractivity contribution is 5.51. The second-order valence-corrected chi connectivity index (χ2v) is 5.39. The number of hydrogen-bond donors (Lipinski definition) is 2. The fourth-order valence-electron chi connectivity index (χ4n) is 2.58. The van der Waals surface area contributed by atoms with Gasteiger partial charge in [0.1, 0.15) is 0 Å². The van der Waals surface area contributed by atoms with Gasteiger partial charge in [-0.1, -0.05) is 38.5 Å². The third-order valence-corrected chi connectivity index (χ3v) is 3.77. The summed E-state index contributed by atoms with van der Waals surface area (Å²) < 4.78 is 0. The van der Waals surface area contributed by atoms with E-state index >= 15 is 0 Å². The Morgan fingerprint density at radius 3 is 2.75 bits per heavy atom. The molecule has 2 rings (SSSR count). The van der Waals surface area contributed by atoms with Gasteiger partial charge in [0.05, 0.1) is 6.61 Å². The van der Waals surface area contributed by atoms with Crippen LogP contribution in [0, 0.1) is 5.41 Å². The molecule has 1 saturated carbocycles. The monoisotopic (exact) mass is 219 g/mol. The summed E-state index contributed by atoms with van der Waals surface area (Å²) >= 11 is 0. The molecular weight excluding hydrogens is 198 g/mol. The van der Waals surface area contributed by atoms with Gasteiger partial charge in [-0.15, -0.1) is 0 Å². The number of hydrogen-bond acceptors (Lipinski definition) is 2. The smallest absolute Gasteiger partial charge is 0.0701 e. The molecule has 0 amide bonds. The molecule has 1 aromatic rings. The summed E-state index contributed by atoms with van der Waals surface area (Å²) in [5.41, 5.74) is 2.44. The molecule has 16 heavy (non-hydrogen) atoms. The van der Waals surface area contributed by atoms with Crippen LogP contribution in [0.2, 0.25) is 0 Å². The van der Waals surface area contributed by atoms with Crippen molar-refractivity contribution in [3.05, 3.63) is 29.8 Å². The number of rotatable bonds is 3. The van der Waals surface area contributed by atoms with Crippen LogP contribution >= 0.6 is 0 Å². The number of para-hydroxylation sites is 1. The Morgan fingerprint density at radius 2 is 2.12 bits per heavy atom. The maximum atomic E-state index is 9.28. The van der Waals surface area contributed by atoms with E-state index in [-0.39, 0.29) is 6.61 Å². The van der Waals surface area contributed by atoms with E-state index < -0.39 is 0 Å². The second-order valence-electron chi connectivity index (χ2n) is 5.39. The first kappa shape index (κ1) is 11.5. The largest absolute Gasteiger partial charge is 0.392 e. The molecule has 1 unspecified atom stereocenters. The molecule has 2 heteroatoms. The lowest BCUT2D eigenvalue weighted by molar-refractivity contribution is 0.282. The fourth-order valence-corrected chi connectivity index (χ4v) is 2.58. The molecule has 0 aromatic heterocycles. The minimum atomic E-state index is 0.107. The topological polar surface area (TPSA) is 32.3 Å². The van der Waals surface area contributed by atoms with Gasteiger partial charge in [0.25, 0.3) is 0 Å². The molecule has 2 nitrogen and oxygen atoms in total. The van der Waals surface area contributed by atoms with Crippen molar-refractivity contribution in [3.8, 4) is 0 Å². The van der Waals surface area contributed by atoms with Crippen LogP contribution in [0.4, 0.5) is 5.69 Å². The van der Waals surface area contributed by atoms with Gasteiger partial charge in [-0.25, -0.2) is 0 Å². The Balaban J connectivity index is 2.14. The molecule has 0 saturated heterocycles. The SMILES string of the molecule is CC1(C)CCCC1Nc1ccccc1CO. The zero-order valence-corrected chi connectivity index (χ0v) is 10.2. The normalized spacial score (nSPS) is 23.3. The maximum Gasteiger partial charge on any atom is 0.0701 e. The summed E-state index contributed by atoms with van der Waals surface area (Å²) in [5.74, 6) is 0. The van der Waals surface area contributed by atoms with E-state index in [0.29, 0.717) is 11.5 Å². The van der Waals surface area contributed by atoms with Gasteiger partial charge in [0, 0.05) is 17.3 Å². The van der Waals surface area contributed by atoms with Crippen LogP contribution in [0.5, 0.6) is 0 Å². The summed E-state index contributed by atoms with van der Waals surface area (Å²) in [6.07, 6.45) is 3.81. The van der Waals surface area contributed by atoms with E-state index in [2.05, 4.69) is 25.2 Å². The van der Waals surface area contributed by atoms with E-state index in [9.17, 15) is 5.11 Å². The molecule has 0 bridgehead atoms. The molecule has 0 aliphatic heterocycles. The molecule has 1 atom stereocenters. The van der Waals surface area contributed by atoms with Crippen molar-refractivity contribution in [3.63, 3.8) is 0 Å². The van der Waals surface area contributed by atoms with Crippen molar-refractivity contribution in [1.82, 2.24) is 0 Å². The van der Waals surface area contributed by atoms with Crippen LogP contribution in [0.1, 0.15) is 38.7 Å². The van der Waals surface area contributed by atoms with E-state index in [1.54, 1.807) is 0 Å². The molecule has 0 heterocycles. The predicted molar refractivity (Wildman–Crippen MR) is 67.4 cm³/mol. The first-order valence-electron chi connectivity index (χ1n) is 6.09. The summed E-state index contributed by atoms with van der Waals surface area (Å²) in [4.78, 5) is 0. The van der Waals surface area contributed by atoms with Gasteiger partial charge in [0.2, 0.25) is 0 Å². The standard InChI is InChI=1S/C14H21NO/c1-14(2)9-5-8-13(14)15-12-7-4-3-6-11(12)10-16/h3-4,6-7,13,15-16H,5,8-10H2,1-2H3. The van der Waals surface area contributed by atoms with Gasteiger partial charge < -0.3 is 10.4 Å². The number of nitrogens with one attached hydrogen (secondary N) is 1. The summed E-state index contributed by atoms with van der Waals surface area (Å²) in [6, 6.07) is 8.55. The third kappa shape index (κ3) is 2.22. The molecular formula is C14H21NO. The Kier molecular flexibility index (Phi) is 3.20. The number of aliphatic hydroxyl groups is 1. The zero-order valence-electron chi connectivity index (χ0n) is 10.2. The molecule has 0 radical (unpaired) electrons. The molecule has 88 valence electrons. The predicted octanol–water partition coefficient (Wildman–Crippen LogP) is 3.17. The molecule has 1 fully saturated rings. The Hall–Kier alpha value is -1.02. The van der Waals surface area contributed by atoms with E-state index in [4.69, 9.17) is 0 Å². The van der Waals surface area contributed by atoms with E-state index in [1.807, 2.05) is 18.2 Å².